The summed E-state index contributed by atoms with van der Waals surface area (Å²) in [6.07, 6.45) is 1.64. The molecule has 2 atom stereocenters. The van der Waals surface area contributed by atoms with Crippen molar-refractivity contribution < 1.29 is 9.13 Å². The van der Waals surface area contributed by atoms with Crippen LogP contribution in [0.15, 0.2) is 6.20 Å². The summed E-state index contributed by atoms with van der Waals surface area (Å²) in [6, 6.07) is 0. The number of aromatic amines is 1. The summed E-state index contributed by atoms with van der Waals surface area (Å²) >= 11 is 0. The van der Waals surface area contributed by atoms with E-state index < -0.39 is 6.17 Å². The number of halogens is 1. The average Bonchev–Trinajstić information content (AvgIpc) is 2.74. The van der Waals surface area contributed by atoms with Gasteiger partial charge in [-0.3, -0.25) is 0 Å². The molecule has 1 aromatic heterocycles. The molecule has 0 amide bonds. The number of hydrogen-bond acceptors (Lipinski definition) is 4. The van der Waals surface area contributed by atoms with Gasteiger partial charge >= 0.3 is 0 Å². The van der Waals surface area contributed by atoms with Gasteiger partial charge in [0.05, 0.1) is 19.4 Å². The Morgan fingerprint density at radius 1 is 1.60 bits per heavy atom. The minimum Gasteiger partial charge on any atom is -0.375 e. The zero-order chi connectivity index (χ0) is 10.5. The van der Waals surface area contributed by atoms with Crippen LogP contribution in [0, 0.1) is 5.92 Å². The quantitative estimate of drug-likeness (QED) is 0.755. The molecule has 0 aliphatic carbocycles. The smallest absolute Gasteiger partial charge is 0.118 e. The summed E-state index contributed by atoms with van der Waals surface area (Å²) < 4.78 is 18.7. The van der Waals surface area contributed by atoms with Crippen LogP contribution in [-0.2, 0) is 11.3 Å². The molecule has 1 aromatic rings. The number of H-pyrrole nitrogens is 1. The molecule has 2 rings (SSSR count). The lowest BCUT2D eigenvalue weighted by molar-refractivity contribution is 0.0399. The fourth-order valence-electron chi connectivity index (χ4n) is 1.67. The van der Waals surface area contributed by atoms with E-state index in [1.807, 2.05) is 0 Å². The van der Waals surface area contributed by atoms with Crippen molar-refractivity contribution >= 4 is 0 Å². The van der Waals surface area contributed by atoms with Gasteiger partial charge < -0.3 is 10.1 Å². The Balaban J connectivity index is 1.68. The highest BCUT2D eigenvalue weighted by molar-refractivity contribution is 4.87. The highest BCUT2D eigenvalue weighted by Gasteiger charge is 2.24. The Morgan fingerprint density at radius 3 is 3.27 bits per heavy atom. The zero-order valence-corrected chi connectivity index (χ0v) is 8.45. The first kappa shape index (κ1) is 10.5. The van der Waals surface area contributed by atoms with Crippen LogP contribution in [0.1, 0.15) is 12.1 Å². The molecule has 2 heterocycles. The lowest BCUT2D eigenvalue weighted by Gasteiger charge is -2.26. The summed E-state index contributed by atoms with van der Waals surface area (Å²) in [6.45, 7) is 2.17. The Kier molecular flexibility index (Phi) is 3.63. The van der Waals surface area contributed by atoms with Crippen LogP contribution in [0.2, 0.25) is 0 Å². The molecule has 6 heteroatoms. The van der Waals surface area contributed by atoms with Gasteiger partial charge in [-0.25, -0.2) is 4.39 Å². The number of ether oxygens (including phenoxy) is 1. The normalized spacial score (nSPS) is 26.7. The third kappa shape index (κ3) is 2.97. The largest absolute Gasteiger partial charge is 0.375 e. The molecule has 1 aliphatic rings. The molecule has 5 nitrogen and oxygen atoms in total. The number of nitrogens with zero attached hydrogens (tertiary/aromatic N) is 2. The maximum absolute atomic E-state index is 13.3. The third-order valence-corrected chi connectivity index (χ3v) is 2.59. The number of alkyl halides is 1. The van der Waals surface area contributed by atoms with Crippen LogP contribution in [0.5, 0.6) is 0 Å². The topological polar surface area (TPSA) is 62.8 Å². The van der Waals surface area contributed by atoms with Crippen LogP contribution in [0.4, 0.5) is 4.39 Å². The van der Waals surface area contributed by atoms with Gasteiger partial charge in [0, 0.05) is 12.5 Å². The first-order chi connectivity index (χ1) is 7.36. The van der Waals surface area contributed by atoms with Crippen molar-refractivity contribution in [3.63, 3.8) is 0 Å². The van der Waals surface area contributed by atoms with E-state index in [0.717, 1.165) is 18.7 Å². The van der Waals surface area contributed by atoms with E-state index in [-0.39, 0.29) is 5.92 Å². The summed E-state index contributed by atoms with van der Waals surface area (Å²) in [7, 11) is 0. The van der Waals surface area contributed by atoms with E-state index in [1.165, 1.54) is 0 Å². The molecule has 15 heavy (non-hydrogen) atoms. The van der Waals surface area contributed by atoms with Crippen LogP contribution in [0.3, 0.4) is 0 Å². The van der Waals surface area contributed by atoms with Gasteiger partial charge in [-0.15, -0.1) is 0 Å². The molecular formula is C9H15FN4O. The summed E-state index contributed by atoms with van der Waals surface area (Å²) in [4.78, 5) is 0. The number of hydrogen-bond donors (Lipinski definition) is 2. The molecule has 0 aromatic carbocycles. The Bertz CT molecular complexity index is 280. The highest BCUT2D eigenvalue weighted by atomic mass is 19.1. The van der Waals surface area contributed by atoms with Gasteiger partial charge in [0.2, 0.25) is 0 Å². The first-order valence-corrected chi connectivity index (χ1v) is 5.13. The maximum atomic E-state index is 13.3. The van der Waals surface area contributed by atoms with Gasteiger partial charge in [0.1, 0.15) is 11.9 Å². The third-order valence-electron chi connectivity index (χ3n) is 2.59. The molecule has 2 unspecified atom stereocenters. The molecule has 0 saturated carbocycles. The molecule has 1 saturated heterocycles. The van der Waals surface area contributed by atoms with Crippen LogP contribution >= 0.6 is 0 Å². The van der Waals surface area contributed by atoms with E-state index in [4.69, 9.17) is 4.74 Å². The Labute approximate surface area is 87.4 Å². The van der Waals surface area contributed by atoms with E-state index in [1.54, 1.807) is 6.20 Å². The van der Waals surface area contributed by atoms with Crippen molar-refractivity contribution in [3.8, 4) is 0 Å². The fourth-order valence-corrected chi connectivity index (χ4v) is 1.67. The summed E-state index contributed by atoms with van der Waals surface area (Å²) in [5.41, 5.74) is 0.749. The minimum atomic E-state index is -0.795. The highest BCUT2D eigenvalue weighted by Crippen LogP contribution is 2.16. The van der Waals surface area contributed by atoms with Gasteiger partial charge in [0.15, 0.2) is 0 Å². The standard InChI is InChI=1S/C9H15FN4O/c10-9-4-11-2-1-7(9)5-15-6-8-3-12-14-13-8/h3,7,9,11H,1-2,4-6H2,(H,12,13,14). The van der Waals surface area contributed by atoms with Gasteiger partial charge in [-0.1, -0.05) is 0 Å². The molecule has 0 spiro atoms. The number of piperidine rings is 1. The van der Waals surface area contributed by atoms with Crippen LogP contribution < -0.4 is 5.32 Å². The van der Waals surface area contributed by atoms with Gasteiger partial charge in [0.25, 0.3) is 0 Å². The molecule has 2 N–H and O–H groups in total. The predicted molar refractivity (Wildman–Crippen MR) is 51.9 cm³/mol. The number of aromatic nitrogens is 3. The maximum Gasteiger partial charge on any atom is 0.118 e. The van der Waals surface area contributed by atoms with Crippen molar-refractivity contribution in [2.45, 2.75) is 19.2 Å². The monoisotopic (exact) mass is 214 g/mol. The molecule has 1 aliphatic heterocycles. The fraction of sp³-hybridized carbons (Fsp3) is 0.778. The van der Waals surface area contributed by atoms with Crippen molar-refractivity contribution in [2.75, 3.05) is 19.7 Å². The number of rotatable bonds is 4. The molecular weight excluding hydrogens is 199 g/mol. The second kappa shape index (κ2) is 5.18. The SMILES string of the molecule is FC1CNCCC1COCc1cn[nH]n1. The van der Waals surface area contributed by atoms with E-state index >= 15 is 0 Å². The van der Waals surface area contributed by atoms with Gasteiger partial charge in [-0.2, -0.15) is 15.4 Å². The van der Waals surface area contributed by atoms with Crippen LogP contribution in [0.25, 0.3) is 0 Å². The molecule has 0 radical (unpaired) electrons. The van der Waals surface area contributed by atoms with Gasteiger partial charge in [-0.05, 0) is 13.0 Å². The van der Waals surface area contributed by atoms with Crippen molar-refractivity contribution in [1.82, 2.24) is 20.7 Å². The summed E-state index contributed by atoms with van der Waals surface area (Å²) in [5, 5.41) is 13.0. The number of nitrogens with one attached hydrogen (secondary N) is 2. The van der Waals surface area contributed by atoms with Crippen molar-refractivity contribution in [1.29, 1.82) is 0 Å². The van der Waals surface area contributed by atoms with E-state index in [0.29, 0.717) is 19.8 Å². The molecule has 84 valence electrons. The molecule has 1 fully saturated rings. The summed E-state index contributed by atoms with van der Waals surface area (Å²) in [5.74, 6) is 0.0122. The zero-order valence-electron chi connectivity index (χ0n) is 8.45. The van der Waals surface area contributed by atoms with E-state index in [9.17, 15) is 4.39 Å². The lowest BCUT2D eigenvalue weighted by Crippen LogP contribution is -2.39. The van der Waals surface area contributed by atoms with Crippen LogP contribution in [-0.4, -0.2) is 41.3 Å². The van der Waals surface area contributed by atoms with E-state index in [2.05, 4.69) is 20.7 Å². The van der Waals surface area contributed by atoms with Crippen molar-refractivity contribution in [2.24, 2.45) is 5.92 Å². The van der Waals surface area contributed by atoms with Crippen molar-refractivity contribution in [3.05, 3.63) is 11.9 Å². The Hall–Kier alpha value is -1.01. The lowest BCUT2D eigenvalue weighted by atomic mass is 9.97. The second-order valence-corrected chi connectivity index (χ2v) is 3.75. The molecule has 0 bridgehead atoms. The minimum absolute atomic E-state index is 0.0122. The average molecular weight is 214 g/mol. The first-order valence-electron chi connectivity index (χ1n) is 5.13. The predicted octanol–water partition coefficient (Wildman–Crippen LogP) is 0.269. The Morgan fingerprint density at radius 2 is 2.53 bits per heavy atom. The second-order valence-electron chi connectivity index (χ2n) is 3.75.